The third kappa shape index (κ3) is 1.65. The number of aliphatic imine (C=N–C) groups is 1. The molecule has 0 N–H and O–H groups in total. The maximum Gasteiger partial charge on any atom is 0.0658 e. The average molecular weight is 207 g/mol. The second-order valence-corrected chi connectivity index (χ2v) is 4.07. The predicted molar refractivity (Wildman–Crippen MR) is 68.5 cm³/mol. The Bertz CT molecular complexity index is 615. The van der Waals surface area contributed by atoms with Gasteiger partial charge in [0.05, 0.1) is 5.71 Å². The third-order valence-corrected chi connectivity index (χ3v) is 2.99. The molecule has 1 aromatic carbocycles. The molecule has 1 aliphatic heterocycles. The molecule has 0 radical (unpaired) electrons. The van der Waals surface area contributed by atoms with Crippen LogP contribution in [0.1, 0.15) is 12.8 Å². The van der Waals surface area contributed by atoms with Crippen LogP contribution in [-0.2, 0) is 0 Å². The average Bonchev–Trinajstić information content (AvgIpc) is 2.32. The molecule has 0 saturated heterocycles. The molecule has 0 bridgehead atoms. The van der Waals surface area contributed by atoms with Crippen molar-refractivity contribution in [2.75, 3.05) is 0 Å². The molecule has 16 heavy (non-hydrogen) atoms. The SMILES string of the molecule is C1=CC2=NC=c3ccccc3=CC=C2CC1. The largest absolute Gasteiger partial charge is 0.256 e. The van der Waals surface area contributed by atoms with Gasteiger partial charge in [-0.1, -0.05) is 42.5 Å². The summed E-state index contributed by atoms with van der Waals surface area (Å²) in [6, 6.07) is 8.34. The molecule has 1 aromatic rings. The van der Waals surface area contributed by atoms with E-state index in [1.54, 1.807) is 0 Å². The number of allylic oxidation sites excluding steroid dienone is 4. The van der Waals surface area contributed by atoms with E-state index in [0.29, 0.717) is 0 Å². The third-order valence-electron chi connectivity index (χ3n) is 2.99. The summed E-state index contributed by atoms with van der Waals surface area (Å²) in [5, 5.41) is 2.43. The van der Waals surface area contributed by atoms with Crippen LogP contribution >= 0.6 is 0 Å². The lowest BCUT2D eigenvalue weighted by atomic mass is 9.98. The number of hydrogen-bond donors (Lipinski definition) is 0. The minimum absolute atomic E-state index is 1.10. The molecule has 78 valence electrons. The van der Waals surface area contributed by atoms with Crippen LogP contribution < -0.4 is 10.4 Å². The molecule has 1 heteroatoms. The number of fused-ring (bicyclic) bond motifs is 2. The molecule has 1 heterocycles. The van der Waals surface area contributed by atoms with Gasteiger partial charge in [-0.15, -0.1) is 0 Å². The minimum Gasteiger partial charge on any atom is -0.256 e. The smallest absolute Gasteiger partial charge is 0.0658 e. The van der Waals surface area contributed by atoms with Crippen LogP contribution in [0.2, 0.25) is 0 Å². The fraction of sp³-hybridized carbons (Fsp3) is 0.133. The Hall–Kier alpha value is -1.89. The topological polar surface area (TPSA) is 12.4 Å². The van der Waals surface area contributed by atoms with Gasteiger partial charge in [0.1, 0.15) is 0 Å². The monoisotopic (exact) mass is 207 g/mol. The second-order valence-electron chi connectivity index (χ2n) is 4.07. The van der Waals surface area contributed by atoms with Gasteiger partial charge in [0.25, 0.3) is 0 Å². The normalized spacial score (nSPS) is 17.8. The van der Waals surface area contributed by atoms with Crippen LogP contribution in [0.25, 0.3) is 12.3 Å². The lowest BCUT2D eigenvalue weighted by molar-refractivity contribution is 1.01. The van der Waals surface area contributed by atoms with Crippen molar-refractivity contribution < 1.29 is 0 Å². The number of nitrogens with zero attached hydrogens (tertiary/aromatic N) is 1. The molecule has 0 aromatic heterocycles. The Kier molecular flexibility index (Phi) is 2.30. The van der Waals surface area contributed by atoms with Gasteiger partial charge in [-0.25, -0.2) is 0 Å². The van der Waals surface area contributed by atoms with E-state index in [-0.39, 0.29) is 0 Å². The summed E-state index contributed by atoms with van der Waals surface area (Å²) in [7, 11) is 0. The van der Waals surface area contributed by atoms with Crippen LogP contribution in [0.5, 0.6) is 0 Å². The summed E-state index contributed by atoms with van der Waals surface area (Å²) in [5.74, 6) is 0. The summed E-state index contributed by atoms with van der Waals surface area (Å²) in [6.45, 7) is 0. The van der Waals surface area contributed by atoms with Crippen LogP contribution in [0.4, 0.5) is 0 Å². The van der Waals surface area contributed by atoms with Gasteiger partial charge in [0, 0.05) is 6.20 Å². The van der Waals surface area contributed by atoms with Crippen molar-refractivity contribution in [3.05, 3.63) is 58.5 Å². The van der Waals surface area contributed by atoms with Crippen molar-refractivity contribution in [3.63, 3.8) is 0 Å². The van der Waals surface area contributed by atoms with Gasteiger partial charge in [-0.3, -0.25) is 4.99 Å². The quantitative estimate of drug-likeness (QED) is 0.616. The molecule has 0 saturated carbocycles. The Labute approximate surface area is 94.8 Å². The van der Waals surface area contributed by atoms with Gasteiger partial charge in [-0.2, -0.15) is 0 Å². The van der Waals surface area contributed by atoms with E-state index in [0.717, 1.165) is 18.6 Å². The number of benzene rings is 1. The molecule has 0 fully saturated rings. The van der Waals surface area contributed by atoms with Crippen LogP contribution in [0.3, 0.4) is 0 Å². The molecular formula is C15H13N. The first kappa shape index (κ1) is 9.34. The maximum absolute atomic E-state index is 4.56. The molecular weight excluding hydrogens is 194 g/mol. The molecule has 1 aliphatic carbocycles. The highest BCUT2D eigenvalue weighted by Gasteiger charge is 2.07. The van der Waals surface area contributed by atoms with Crippen molar-refractivity contribution >= 4 is 18.0 Å². The highest BCUT2D eigenvalue weighted by molar-refractivity contribution is 6.10. The predicted octanol–water partition coefficient (Wildman–Crippen LogP) is 1.94. The molecule has 2 aliphatic rings. The molecule has 0 unspecified atom stereocenters. The Morgan fingerprint density at radius 1 is 1.00 bits per heavy atom. The minimum atomic E-state index is 1.10. The van der Waals surface area contributed by atoms with Gasteiger partial charge >= 0.3 is 0 Å². The zero-order valence-electron chi connectivity index (χ0n) is 9.06. The molecule has 1 nitrogen and oxygen atoms in total. The number of rotatable bonds is 0. The van der Waals surface area contributed by atoms with Crippen molar-refractivity contribution in [1.82, 2.24) is 0 Å². The van der Waals surface area contributed by atoms with E-state index in [1.165, 1.54) is 16.0 Å². The highest BCUT2D eigenvalue weighted by Crippen LogP contribution is 2.15. The Morgan fingerprint density at radius 3 is 2.81 bits per heavy atom. The van der Waals surface area contributed by atoms with Gasteiger partial charge < -0.3 is 0 Å². The summed E-state index contributed by atoms with van der Waals surface area (Å²) in [5.41, 5.74) is 2.45. The molecule has 0 atom stereocenters. The van der Waals surface area contributed by atoms with E-state index in [2.05, 4.69) is 47.5 Å². The summed E-state index contributed by atoms with van der Waals surface area (Å²) < 4.78 is 0. The zero-order valence-corrected chi connectivity index (χ0v) is 9.06. The lowest BCUT2D eigenvalue weighted by Crippen LogP contribution is -2.24. The van der Waals surface area contributed by atoms with Crippen molar-refractivity contribution in [2.24, 2.45) is 4.99 Å². The van der Waals surface area contributed by atoms with E-state index < -0.39 is 0 Å². The van der Waals surface area contributed by atoms with Gasteiger partial charge in [0.2, 0.25) is 0 Å². The summed E-state index contributed by atoms with van der Waals surface area (Å²) >= 11 is 0. The first-order valence-corrected chi connectivity index (χ1v) is 5.64. The fourth-order valence-electron chi connectivity index (χ4n) is 2.07. The highest BCUT2D eigenvalue weighted by atomic mass is 14.7. The first-order valence-electron chi connectivity index (χ1n) is 5.64. The van der Waals surface area contributed by atoms with E-state index in [9.17, 15) is 0 Å². The first-order chi connectivity index (χ1) is 7.93. The molecule has 0 spiro atoms. The van der Waals surface area contributed by atoms with Crippen LogP contribution in [0.15, 0.2) is 53.1 Å². The van der Waals surface area contributed by atoms with Gasteiger partial charge in [0.15, 0.2) is 0 Å². The molecule has 0 amide bonds. The fourth-order valence-corrected chi connectivity index (χ4v) is 2.07. The van der Waals surface area contributed by atoms with Gasteiger partial charge in [-0.05, 0) is 34.9 Å². The van der Waals surface area contributed by atoms with E-state index >= 15 is 0 Å². The zero-order chi connectivity index (χ0) is 10.8. The van der Waals surface area contributed by atoms with Crippen molar-refractivity contribution in [2.45, 2.75) is 12.8 Å². The van der Waals surface area contributed by atoms with Crippen LogP contribution in [-0.4, -0.2) is 5.71 Å². The van der Waals surface area contributed by atoms with E-state index in [1.807, 2.05) is 12.3 Å². The molecule has 3 rings (SSSR count). The lowest BCUT2D eigenvalue weighted by Gasteiger charge is -2.10. The van der Waals surface area contributed by atoms with E-state index in [4.69, 9.17) is 0 Å². The van der Waals surface area contributed by atoms with Crippen LogP contribution in [0, 0.1) is 0 Å². The second kappa shape index (κ2) is 3.93. The summed E-state index contributed by atoms with van der Waals surface area (Å²) in [4.78, 5) is 4.56. The number of hydrogen-bond acceptors (Lipinski definition) is 1. The standard InChI is InChI=1S/C15H13N/c1-2-7-14-11-16-15-8-4-3-6-13(15)10-9-12(14)5-1/h1-2,4-5,7-11H,3,6H2. The van der Waals surface area contributed by atoms with Crippen molar-refractivity contribution in [1.29, 1.82) is 0 Å². The van der Waals surface area contributed by atoms with Crippen molar-refractivity contribution in [3.8, 4) is 0 Å². The Balaban J connectivity index is 2.26. The maximum atomic E-state index is 4.56. The Morgan fingerprint density at radius 2 is 1.88 bits per heavy atom. The summed E-state index contributed by atoms with van der Waals surface area (Å²) in [6.07, 6.45) is 12.9.